The minimum absolute atomic E-state index is 0.0377. The number of hydrogen-bond acceptors (Lipinski definition) is 3. The van der Waals surface area contributed by atoms with Crippen molar-refractivity contribution in [1.29, 1.82) is 0 Å². The first kappa shape index (κ1) is 10.8. The van der Waals surface area contributed by atoms with E-state index in [1.54, 1.807) is 6.92 Å². The van der Waals surface area contributed by atoms with Crippen molar-refractivity contribution in [3.05, 3.63) is 23.0 Å². The molecule has 0 fully saturated rings. The summed E-state index contributed by atoms with van der Waals surface area (Å²) < 4.78 is 30.6. The minimum Gasteiger partial charge on any atom is -0.461 e. The van der Waals surface area contributed by atoms with Gasteiger partial charge in [0.05, 0.1) is 13.0 Å². The third kappa shape index (κ3) is 1.50. The van der Waals surface area contributed by atoms with Gasteiger partial charge < -0.3 is 9.72 Å². The zero-order valence-electron chi connectivity index (χ0n) is 8.47. The number of halogens is 2. The fraction of sp³-hybridized carbons (Fsp3) is 0.400. The Balaban J connectivity index is 2.30. The molecule has 0 saturated heterocycles. The van der Waals surface area contributed by atoms with Gasteiger partial charge in [-0.2, -0.15) is 8.78 Å². The van der Waals surface area contributed by atoms with E-state index < -0.39 is 24.1 Å². The average Bonchev–Trinajstić information content (AvgIpc) is 2.67. The lowest BCUT2D eigenvalue weighted by Crippen LogP contribution is -2.24. The van der Waals surface area contributed by atoms with E-state index in [9.17, 15) is 18.4 Å². The van der Waals surface area contributed by atoms with Crippen molar-refractivity contribution in [3.8, 4) is 0 Å². The SMILES string of the molecule is CCOC(=O)c1cc2c([nH]1)CC(F)(F)C2=O. The lowest BCUT2D eigenvalue weighted by Gasteiger charge is -2.05. The summed E-state index contributed by atoms with van der Waals surface area (Å²) in [5.41, 5.74) is 0.0156. The number of aromatic amines is 1. The number of fused-ring (bicyclic) bond motifs is 1. The summed E-state index contributed by atoms with van der Waals surface area (Å²) in [7, 11) is 0. The van der Waals surface area contributed by atoms with Gasteiger partial charge in [-0.25, -0.2) is 4.79 Å². The fourth-order valence-corrected chi connectivity index (χ4v) is 1.66. The predicted octanol–water partition coefficient (Wildman–Crippen LogP) is 1.57. The molecule has 1 aromatic heterocycles. The number of H-pyrrole nitrogens is 1. The maximum atomic E-state index is 13.0. The fourth-order valence-electron chi connectivity index (χ4n) is 1.66. The second-order valence-corrected chi connectivity index (χ2v) is 3.51. The van der Waals surface area contributed by atoms with Crippen LogP contribution in [0.4, 0.5) is 8.78 Å². The van der Waals surface area contributed by atoms with Crippen LogP contribution in [0.25, 0.3) is 0 Å². The molecular weight excluding hydrogens is 220 g/mol. The maximum absolute atomic E-state index is 13.0. The quantitative estimate of drug-likeness (QED) is 0.783. The molecule has 86 valence electrons. The number of hydrogen-bond donors (Lipinski definition) is 1. The topological polar surface area (TPSA) is 59.2 Å². The lowest BCUT2D eigenvalue weighted by atomic mass is 10.2. The molecule has 1 aromatic rings. The molecule has 0 amide bonds. The normalized spacial score (nSPS) is 17.3. The summed E-state index contributed by atoms with van der Waals surface area (Å²) >= 11 is 0. The average molecular weight is 229 g/mol. The van der Waals surface area contributed by atoms with Crippen LogP contribution in [0.1, 0.15) is 33.5 Å². The van der Waals surface area contributed by atoms with Crippen molar-refractivity contribution in [2.45, 2.75) is 19.3 Å². The molecule has 0 atom stereocenters. The summed E-state index contributed by atoms with van der Waals surface area (Å²) in [5.74, 6) is -5.24. The number of alkyl halides is 2. The molecule has 6 heteroatoms. The number of ether oxygens (including phenoxy) is 1. The molecule has 0 aliphatic heterocycles. The Morgan fingerprint density at radius 2 is 2.31 bits per heavy atom. The molecule has 1 aliphatic carbocycles. The summed E-state index contributed by atoms with van der Waals surface area (Å²) in [6, 6.07) is 1.12. The molecule has 4 nitrogen and oxygen atoms in total. The number of nitrogens with one attached hydrogen (secondary N) is 1. The second-order valence-electron chi connectivity index (χ2n) is 3.51. The van der Waals surface area contributed by atoms with Crippen molar-refractivity contribution in [2.75, 3.05) is 6.61 Å². The van der Waals surface area contributed by atoms with E-state index >= 15 is 0 Å². The summed E-state index contributed by atoms with van der Waals surface area (Å²) in [4.78, 5) is 24.9. The standard InChI is InChI=1S/C10H9F2NO3/c1-2-16-9(15)6-3-5-7(13-6)4-10(11,12)8(5)14/h3,13H,2,4H2,1H3. The van der Waals surface area contributed by atoms with Crippen LogP contribution in [-0.4, -0.2) is 29.3 Å². The van der Waals surface area contributed by atoms with E-state index in [-0.39, 0.29) is 23.6 Å². The molecule has 16 heavy (non-hydrogen) atoms. The Labute approximate surface area is 89.6 Å². The highest BCUT2D eigenvalue weighted by Gasteiger charge is 2.48. The molecule has 0 spiro atoms. The highest BCUT2D eigenvalue weighted by Crippen LogP contribution is 2.34. The summed E-state index contributed by atoms with van der Waals surface area (Å²) in [5, 5.41) is 0. The molecule has 1 aliphatic rings. The second kappa shape index (κ2) is 3.40. The van der Waals surface area contributed by atoms with Crippen LogP contribution in [0.2, 0.25) is 0 Å². The molecular formula is C10H9F2NO3. The Bertz CT molecular complexity index is 465. The van der Waals surface area contributed by atoms with E-state index in [2.05, 4.69) is 9.72 Å². The number of aromatic nitrogens is 1. The molecule has 0 bridgehead atoms. The van der Waals surface area contributed by atoms with Gasteiger partial charge in [0, 0.05) is 11.3 Å². The van der Waals surface area contributed by atoms with Crippen molar-refractivity contribution in [2.24, 2.45) is 0 Å². The molecule has 1 N–H and O–H groups in total. The van der Waals surface area contributed by atoms with E-state index in [4.69, 9.17) is 0 Å². The highest BCUT2D eigenvalue weighted by molar-refractivity contribution is 6.07. The summed E-state index contributed by atoms with van der Waals surface area (Å²) in [6.07, 6.45) is -0.680. The van der Waals surface area contributed by atoms with Crippen LogP contribution in [0.3, 0.4) is 0 Å². The van der Waals surface area contributed by atoms with Crippen LogP contribution >= 0.6 is 0 Å². The number of carbonyl (C=O) groups is 2. The summed E-state index contributed by atoms with van der Waals surface area (Å²) in [6.45, 7) is 1.82. The van der Waals surface area contributed by atoms with Gasteiger partial charge in [0.2, 0.25) is 5.78 Å². The zero-order valence-corrected chi connectivity index (χ0v) is 8.47. The van der Waals surface area contributed by atoms with Gasteiger partial charge in [-0.1, -0.05) is 0 Å². The van der Waals surface area contributed by atoms with E-state index in [1.807, 2.05) is 0 Å². The van der Waals surface area contributed by atoms with E-state index in [0.717, 1.165) is 6.07 Å². The van der Waals surface area contributed by atoms with Crippen LogP contribution < -0.4 is 0 Å². The van der Waals surface area contributed by atoms with Gasteiger partial charge >= 0.3 is 11.9 Å². The van der Waals surface area contributed by atoms with E-state index in [1.165, 1.54) is 0 Å². The number of rotatable bonds is 2. The van der Waals surface area contributed by atoms with Crippen molar-refractivity contribution >= 4 is 11.8 Å². The van der Waals surface area contributed by atoms with Gasteiger partial charge in [-0.05, 0) is 13.0 Å². The largest absolute Gasteiger partial charge is 0.461 e. The lowest BCUT2D eigenvalue weighted by molar-refractivity contribution is 0.0163. The van der Waals surface area contributed by atoms with Crippen LogP contribution in [0.15, 0.2) is 6.07 Å². The third-order valence-electron chi connectivity index (χ3n) is 2.37. The number of ketones is 1. The van der Waals surface area contributed by atoms with Crippen LogP contribution in [0.5, 0.6) is 0 Å². The Morgan fingerprint density at radius 3 is 2.88 bits per heavy atom. The zero-order chi connectivity index (χ0) is 11.9. The van der Waals surface area contributed by atoms with Crippen molar-refractivity contribution in [3.63, 3.8) is 0 Å². The Kier molecular flexibility index (Phi) is 2.29. The van der Waals surface area contributed by atoms with Gasteiger partial charge in [0.25, 0.3) is 0 Å². The molecule has 0 aromatic carbocycles. The first-order valence-electron chi connectivity index (χ1n) is 4.77. The first-order chi connectivity index (χ1) is 7.45. The third-order valence-corrected chi connectivity index (χ3v) is 2.37. The van der Waals surface area contributed by atoms with Gasteiger partial charge in [0.1, 0.15) is 5.69 Å². The predicted molar refractivity (Wildman–Crippen MR) is 49.7 cm³/mol. The minimum atomic E-state index is -3.35. The molecule has 0 radical (unpaired) electrons. The van der Waals surface area contributed by atoms with Gasteiger partial charge in [-0.3, -0.25) is 4.79 Å². The van der Waals surface area contributed by atoms with E-state index in [0.29, 0.717) is 0 Å². The van der Waals surface area contributed by atoms with Crippen LogP contribution in [-0.2, 0) is 11.2 Å². The number of Topliss-reactive ketones (excluding diaryl/α,β-unsaturated/α-hetero) is 1. The van der Waals surface area contributed by atoms with Crippen LogP contribution in [0, 0.1) is 0 Å². The first-order valence-corrected chi connectivity index (χ1v) is 4.77. The molecule has 1 heterocycles. The molecule has 0 saturated carbocycles. The maximum Gasteiger partial charge on any atom is 0.354 e. The Morgan fingerprint density at radius 1 is 1.62 bits per heavy atom. The van der Waals surface area contributed by atoms with Crippen molar-refractivity contribution < 1.29 is 23.1 Å². The highest BCUT2D eigenvalue weighted by atomic mass is 19.3. The van der Waals surface area contributed by atoms with Gasteiger partial charge in [-0.15, -0.1) is 0 Å². The molecule has 2 rings (SSSR count). The number of esters is 1. The smallest absolute Gasteiger partial charge is 0.354 e. The van der Waals surface area contributed by atoms with Gasteiger partial charge in [0.15, 0.2) is 0 Å². The molecule has 0 unspecified atom stereocenters. The Hall–Kier alpha value is -1.72. The van der Waals surface area contributed by atoms with Crippen molar-refractivity contribution in [1.82, 2.24) is 4.98 Å². The number of carbonyl (C=O) groups excluding carboxylic acids is 2. The monoisotopic (exact) mass is 229 g/mol.